The molecule has 1 rings (SSSR count). The smallest absolute Gasteiger partial charge is 0.336 e. The van der Waals surface area contributed by atoms with Crippen LogP contribution in [0.25, 0.3) is 0 Å². The van der Waals surface area contributed by atoms with Crippen LogP contribution in [0, 0.1) is 24.2 Å². The number of rotatable bonds is 2. The van der Waals surface area contributed by atoms with Crippen molar-refractivity contribution in [1.29, 1.82) is 0 Å². The molecule has 0 fully saturated rings. The molecule has 0 aliphatic rings. The van der Waals surface area contributed by atoms with Gasteiger partial charge >= 0.3 is 5.97 Å². The van der Waals surface area contributed by atoms with Crippen LogP contribution in [0.5, 0.6) is 0 Å². The van der Waals surface area contributed by atoms with E-state index in [1.165, 1.54) is 19.1 Å². The van der Waals surface area contributed by atoms with E-state index in [1.807, 2.05) is 6.92 Å². The molecule has 1 aromatic rings. The van der Waals surface area contributed by atoms with Gasteiger partial charge in [0.25, 0.3) is 0 Å². The minimum absolute atomic E-state index is 0.0677. The van der Waals surface area contributed by atoms with Gasteiger partial charge in [0.15, 0.2) is 5.78 Å². The lowest BCUT2D eigenvalue weighted by Gasteiger charge is -2.05. The molecule has 1 aromatic carbocycles. The van der Waals surface area contributed by atoms with Gasteiger partial charge in [-0.3, -0.25) is 4.79 Å². The third-order valence-electron chi connectivity index (χ3n) is 2.32. The van der Waals surface area contributed by atoms with Gasteiger partial charge < -0.3 is 5.11 Å². The molecule has 0 atom stereocenters. The average Bonchev–Trinajstić information content (AvgIpc) is 2.34. The fourth-order valence-electron chi connectivity index (χ4n) is 1.47. The largest absolute Gasteiger partial charge is 0.478 e. The zero-order valence-corrected chi connectivity index (χ0v) is 10.2. The van der Waals surface area contributed by atoms with Gasteiger partial charge in [0, 0.05) is 23.1 Å². The Balaban J connectivity index is 3.57. The molecule has 0 bridgehead atoms. The molecule has 3 nitrogen and oxygen atoms in total. The summed E-state index contributed by atoms with van der Waals surface area (Å²) in [5.41, 5.74) is 0.937. The number of hydrogen-bond donors (Lipinski definition) is 1. The van der Waals surface area contributed by atoms with Gasteiger partial charge in [-0.05, 0) is 19.1 Å². The summed E-state index contributed by atoms with van der Waals surface area (Å²) in [5, 5.41) is 9.08. The number of terminal acetylenes is 1. The molecule has 0 saturated heterocycles. The second-order valence-corrected chi connectivity index (χ2v) is 3.60. The second-order valence-electron chi connectivity index (χ2n) is 3.60. The van der Waals surface area contributed by atoms with E-state index in [0.717, 1.165) is 0 Å². The molecule has 0 saturated carbocycles. The van der Waals surface area contributed by atoms with Gasteiger partial charge in [-0.2, -0.15) is 0 Å². The number of carboxylic acid groups (broad SMARTS) is 1. The zero-order chi connectivity index (χ0) is 13.7. The number of carbonyl (C=O) groups is 2. The molecule has 0 unspecified atom stereocenters. The van der Waals surface area contributed by atoms with Gasteiger partial charge in [-0.1, -0.05) is 24.7 Å². The van der Waals surface area contributed by atoms with Crippen LogP contribution < -0.4 is 0 Å². The van der Waals surface area contributed by atoms with Crippen LogP contribution in [-0.2, 0) is 0 Å². The normalized spacial score (nSPS) is 8.94. The first-order valence-corrected chi connectivity index (χ1v) is 5.39. The molecule has 90 valence electrons. The standard InChI is InChI=1S/C15H12O3/c1-4-6-7-12-9-14(15(17)18)13(10(3)16)8-11(12)5-2/h2,8-9H,4H2,1,3H3,(H,17,18). The van der Waals surface area contributed by atoms with Crippen LogP contribution in [0.3, 0.4) is 0 Å². The lowest BCUT2D eigenvalue weighted by Crippen LogP contribution is -2.08. The van der Waals surface area contributed by atoms with Crippen molar-refractivity contribution >= 4 is 11.8 Å². The minimum atomic E-state index is -1.16. The van der Waals surface area contributed by atoms with Crippen molar-refractivity contribution in [2.24, 2.45) is 0 Å². The molecular weight excluding hydrogens is 228 g/mol. The van der Waals surface area contributed by atoms with Crippen molar-refractivity contribution in [3.63, 3.8) is 0 Å². The summed E-state index contributed by atoms with van der Waals surface area (Å²) in [6.07, 6.45) is 5.98. The van der Waals surface area contributed by atoms with Crippen molar-refractivity contribution in [3.8, 4) is 24.2 Å². The third kappa shape index (κ3) is 2.78. The van der Waals surface area contributed by atoms with E-state index < -0.39 is 5.97 Å². The highest BCUT2D eigenvalue weighted by Crippen LogP contribution is 2.17. The van der Waals surface area contributed by atoms with Crippen LogP contribution >= 0.6 is 0 Å². The van der Waals surface area contributed by atoms with E-state index in [4.69, 9.17) is 11.5 Å². The first-order chi connectivity index (χ1) is 8.51. The number of aromatic carboxylic acids is 1. The Hall–Kier alpha value is -2.52. The van der Waals surface area contributed by atoms with Crippen molar-refractivity contribution in [3.05, 3.63) is 34.4 Å². The molecule has 0 radical (unpaired) electrons. The van der Waals surface area contributed by atoms with E-state index in [0.29, 0.717) is 17.5 Å². The Morgan fingerprint density at radius 2 is 1.89 bits per heavy atom. The molecule has 0 aliphatic heterocycles. The number of Topliss-reactive ketones (excluding diaryl/α,β-unsaturated/α-hetero) is 1. The predicted molar refractivity (Wildman–Crippen MR) is 68.5 cm³/mol. The highest BCUT2D eigenvalue weighted by molar-refractivity contribution is 6.05. The van der Waals surface area contributed by atoms with Gasteiger partial charge in [0.05, 0.1) is 5.56 Å². The van der Waals surface area contributed by atoms with Crippen molar-refractivity contribution in [2.75, 3.05) is 0 Å². The number of hydrogen-bond acceptors (Lipinski definition) is 2. The molecule has 0 aromatic heterocycles. The maximum Gasteiger partial charge on any atom is 0.336 e. The molecule has 1 N–H and O–H groups in total. The monoisotopic (exact) mass is 240 g/mol. The highest BCUT2D eigenvalue weighted by Gasteiger charge is 2.16. The summed E-state index contributed by atoms with van der Waals surface area (Å²) >= 11 is 0. The Labute approximate surface area is 106 Å². The summed E-state index contributed by atoms with van der Waals surface area (Å²) < 4.78 is 0. The molecule has 0 heterocycles. The topological polar surface area (TPSA) is 54.4 Å². The quantitative estimate of drug-likeness (QED) is 0.637. The Kier molecular flexibility index (Phi) is 4.29. The Morgan fingerprint density at radius 3 is 2.33 bits per heavy atom. The number of carboxylic acids is 1. The molecule has 18 heavy (non-hydrogen) atoms. The first kappa shape index (κ1) is 13.5. The second kappa shape index (κ2) is 5.70. The van der Waals surface area contributed by atoms with Crippen LogP contribution in [-0.4, -0.2) is 16.9 Å². The maximum absolute atomic E-state index is 11.4. The molecule has 0 spiro atoms. The van der Waals surface area contributed by atoms with Crippen LogP contribution in [0.4, 0.5) is 0 Å². The molecule has 0 amide bonds. The number of benzene rings is 1. The van der Waals surface area contributed by atoms with Crippen molar-refractivity contribution in [1.82, 2.24) is 0 Å². The SMILES string of the molecule is C#Cc1cc(C(C)=O)c(C(=O)O)cc1C#CCC. The number of carbonyl (C=O) groups excluding carboxylic acids is 1. The van der Waals surface area contributed by atoms with Crippen molar-refractivity contribution < 1.29 is 14.7 Å². The minimum Gasteiger partial charge on any atom is -0.478 e. The van der Waals surface area contributed by atoms with Gasteiger partial charge in [-0.15, -0.1) is 6.42 Å². The Morgan fingerprint density at radius 1 is 1.28 bits per heavy atom. The summed E-state index contributed by atoms with van der Waals surface area (Å²) in [6.45, 7) is 3.18. The maximum atomic E-state index is 11.4. The van der Waals surface area contributed by atoms with Gasteiger partial charge in [0.2, 0.25) is 0 Å². The third-order valence-corrected chi connectivity index (χ3v) is 2.32. The summed E-state index contributed by atoms with van der Waals surface area (Å²) in [6, 6.07) is 2.77. The van der Waals surface area contributed by atoms with E-state index in [2.05, 4.69) is 17.8 Å². The first-order valence-electron chi connectivity index (χ1n) is 5.39. The lowest BCUT2D eigenvalue weighted by molar-refractivity contribution is 0.0692. The van der Waals surface area contributed by atoms with E-state index >= 15 is 0 Å². The van der Waals surface area contributed by atoms with Crippen LogP contribution in [0.1, 0.15) is 52.1 Å². The molecular formula is C15H12O3. The summed E-state index contributed by atoms with van der Waals surface area (Å²) in [5.74, 6) is 6.56. The van der Waals surface area contributed by atoms with E-state index in [9.17, 15) is 9.59 Å². The number of ketones is 1. The van der Waals surface area contributed by atoms with Gasteiger partial charge in [0.1, 0.15) is 0 Å². The summed E-state index contributed by atoms with van der Waals surface area (Å²) in [4.78, 5) is 22.5. The fourth-order valence-corrected chi connectivity index (χ4v) is 1.47. The van der Waals surface area contributed by atoms with Gasteiger partial charge in [-0.25, -0.2) is 4.79 Å². The lowest BCUT2D eigenvalue weighted by atomic mass is 9.96. The van der Waals surface area contributed by atoms with Crippen LogP contribution in [0.15, 0.2) is 12.1 Å². The van der Waals surface area contributed by atoms with Crippen molar-refractivity contribution in [2.45, 2.75) is 20.3 Å². The van der Waals surface area contributed by atoms with E-state index in [-0.39, 0.29) is 16.9 Å². The van der Waals surface area contributed by atoms with Crippen LogP contribution in [0.2, 0.25) is 0 Å². The predicted octanol–water partition coefficient (Wildman–Crippen LogP) is 2.33. The molecule has 0 aliphatic carbocycles. The summed E-state index contributed by atoms with van der Waals surface area (Å²) in [7, 11) is 0. The van der Waals surface area contributed by atoms with E-state index in [1.54, 1.807) is 0 Å². The average molecular weight is 240 g/mol. The highest BCUT2D eigenvalue weighted by atomic mass is 16.4. The Bertz CT molecular complexity index is 607. The fraction of sp³-hybridized carbons (Fsp3) is 0.200. The zero-order valence-electron chi connectivity index (χ0n) is 10.2. The molecule has 3 heteroatoms.